The van der Waals surface area contributed by atoms with Crippen LogP contribution in [0.5, 0.6) is 11.5 Å². The van der Waals surface area contributed by atoms with Gasteiger partial charge in [-0.05, 0) is 12.1 Å². The molecule has 0 bridgehead atoms. The third-order valence-electron chi connectivity index (χ3n) is 2.13. The molecule has 0 saturated heterocycles. The van der Waals surface area contributed by atoms with Crippen LogP contribution in [0.15, 0.2) is 12.1 Å². The normalized spacial score (nSPS) is 18.8. The highest BCUT2D eigenvalue weighted by Gasteiger charge is 2.32. The van der Waals surface area contributed by atoms with Gasteiger partial charge in [0, 0.05) is 0 Å². The first kappa shape index (κ1) is 8.76. The number of hydrogen-bond acceptors (Lipinski definition) is 5. The van der Waals surface area contributed by atoms with E-state index in [0.717, 1.165) is 0 Å². The topological polar surface area (TPSA) is 98.6 Å². The number of nitro groups is 1. The number of fused-ring (bicyclic) bond motifs is 1. The molecule has 2 rings (SSSR count). The SMILES string of the molecule is NC1COc2ccc(O)c([N+](=O)[O-])c21. The third kappa shape index (κ3) is 1.08. The molecule has 1 unspecified atom stereocenters. The smallest absolute Gasteiger partial charge is 0.319 e. The van der Waals surface area contributed by atoms with Crippen LogP contribution in [0, 0.1) is 10.1 Å². The van der Waals surface area contributed by atoms with Gasteiger partial charge < -0.3 is 15.6 Å². The van der Waals surface area contributed by atoms with Crippen molar-refractivity contribution in [3.05, 3.63) is 27.8 Å². The molecule has 6 heteroatoms. The quantitative estimate of drug-likeness (QED) is 0.508. The van der Waals surface area contributed by atoms with E-state index in [-0.39, 0.29) is 23.6 Å². The van der Waals surface area contributed by atoms with Gasteiger partial charge in [-0.25, -0.2) is 0 Å². The molecule has 0 saturated carbocycles. The van der Waals surface area contributed by atoms with Crippen molar-refractivity contribution in [2.75, 3.05) is 6.61 Å². The summed E-state index contributed by atoms with van der Waals surface area (Å²) in [5, 5.41) is 20.0. The molecule has 0 fully saturated rings. The minimum atomic E-state index is -0.650. The molecule has 1 heterocycles. The molecule has 1 aliphatic heterocycles. The second-order valence-electron chi connectivity index (χ2n) is 3.02. The highest BCUT2D eigenvalue weighted by atomic mass is 16.6. The molecule has 74 valence electrons. The van der Waals surface area contributed by atoms with Gasteiger partial charge in [0.1, 0.15) is 12.4 Å². The van der Waals surface area contributed by atoms with Crippen molar-refractivity contribution >= 4 is 5.69 Å². The Bertz CT molecular complexity index is 405. The highest BCUT2D eigenvalue weighted by Crippen LogP contribution is 2.42. The fourth-order valence-corrected chi connectivity index (χ4v) is 1.52. The van der Waals surface area contributed by atoms with Gasteiger partial charge in [0.25, 0.3) is 0 Å². The molecule has 0 aromatic heterocycles. The van der Waals surface area contributed by atoms with Gasteiger partial charge in [-0.15, -0.1) is 0 Å². The summed E-state index contributed by atoms with van der Waals surface area (Å²) in [6, 6.07) is 2.16. The number of phenols is 1. The van der Waals surface area contributed by atoms with E-state index in [2.05, 4.69) is 0 Å². The minimum absolute atomic E-state index is 0.208. The zero-order chi connectivity index (χ0) is 10.3. The van der Waals surface area contributed by atoms with Gasteiger partial charge in [0.2, 0.25) is 0 Å². The first-order chi connectivity index (χ1) is 6.61. The number of aromatic hydroxyl groups is 1. The van der Waals surface area contributed by atoms with Gasteiger partial charge >= 0.3 is 5.69 Å². The molecule has 1 aromatic rings. The predicted molar refractivity (Wildman–Crippen MR) is 47.2 cm³/mol. The maximum absolute atomic E-state index is 10.7. The lowest BCUT2D eigenvalue weighted by molar-refractivity contribution is -0.386. The molecule has 6 nitrogen and oxygen atoms in total. The van der Waals surface area contributed by atoms with Crippen molar-refractivity contribution < 1.29 is 14.8 Å². The maximum Gasteiger partial charge on any atom is 0.319 e. The van der Waals surface area contributed by atoms with Crippen LogP contribution in [0.4, 0.5) is 5.69 Å². The van der Waals surface area contributed by atoms with Crippen LogP contribution >= 0.6 is 0 Å². The second kappa shape index (κ2) is 2.85. The Morgan fingerprint density at radius 2 is 2.36 bits per heavy atom. The average molecular weight is 196 g/mol. The Hall–Kier alpha value is -1.82. The summed E-state index contributed by atoms with van der Waals surface area (Å²) in [7, 11) is 0. The van der Waals surface area contributed by atoms with Crippen molar-refractivity contribution in [2.45, 2.75) is 6.04 Å². The van der Waals surface area contributed by atoms with Crippen LogP contribution in [-0.4, -0.2) is 16.6 Å². The third-order valence-corrected chi connectivity index (χ3v) is 2.13. The van der Waals surface area contributed by atoms with Gasteiger partial charge in [0.05, 0.1) is 16.5 Å². The molecule has 14 heavy (non-hydrogen) atoms. The number of nitrogens with zero attached hydrogens (tertiary/aromatic N) is 1. The summed E-state index contributed by atoms with van der Waals surface area (Å²) in [5.41, 5.74) is 5.53. The van der Waals surface area contributed by atoms with Crippen molar-refractivity contribution in [2.24, 2.45) is 5.73 Å². The monoisotopic (exact) mass is 196 g/mol. The molecule has 1 aliphatic rings. The highest BCUT2D eigenvalue weighted by molar-refractivity contribution is 5.61. The van der Waals surface area contributed by atoms with Crippen molar-refractivity contribution in [3.63, 3.8) is 0 Å². The van der Waals surface area contributed by atoms with Gasteiger partial charge in [-0.3, -0.25) is 10.1 Å². The van der Waals surface area contributed by atoms with Gasteiger partial charge in [-0.2, -0.15) is 0 Å². The van der Waals surface area contributed by atoms with Crippen molar-refractivity contribution in [1.29, 1.82) is 0 Å². The van der Waals surface area contributed by atoms with Gasteiger partial charge in [0.15, 0.2) is 5.75 Å². The van der Waals surface area contributed by atoms with E-state index in [4.69, 9.17) is 10.5 Å². The van der Waals surface area contributed by atoms with Crippen LogP contribution in [-0.2, 0) is 0 Å². The van der Waals surface area contributed by atoms with E-state index < -0.39 is 11.0 Å². The Labute approximate surface area is 79.1 Å². The minimum Gasteiger partial charge on any atom is -0.502 e. The number of benzene rings is 1. The number of hydrogen-bond donors (Lipinski definition) is 2. The van der Waals surface area contributed by atoms with E-state index in [1.54, 1.807) is 0 Å². The fraction of sp³-hybridized carbons (Fsp3) is 0.250. The summed E-state index contributed by atoms with van der Waals surface area (Å²) >= 11 is 0. The Kier molecular flexibility index (Phi) is 1.78. The van der Waals surface area contributed by atoms with E-state index >= 15 is 0 Å². The fourth-order valence-electron chi connectivity index (χ4n) is 1.52. The molecule has 0 amide bonds. The molecular formula is C8H8N2O4. The van der Waals surface area contributed by atoms with E-state index in [0.29, 0.717) is 5.75 Å². The van der Waals surface area contributed by atoms with Crippen LogP contribution in [0.3, 0.4) is 0 Å². The molecule has 0 spiro atoms. The average Bonchev–Trinajstić information content (AvgIpc) is 2.47. The van der Waals surface area contributed by atoms with Crippen LogP contribution < -0.4 is 10.5 Å². The number of rotatable bonds is 1. The lowest BCUT2D eigenvalue weighted by Crippen LogP contribution is -2.12. The molecule has 3 N–H and O–H groups in total. The zero-order valence-corrected chi connectivity index (χ0v) is 7.14. The van der Waals surface area contributed by atoms with Gasteiger partial charge in [-0.1, -0.05) is 0 Å². The summed E-state index contributed by atoms with van der Waals surface area (Å²) in [6.07, 6.45) is 0. The first-order valence-corrected chi connectivity index (χ1v) is 4.00. The molecule has 1 aromatic carbocycles. The summed E-state index contributed by atoms with van der Waals surface area (Å²) < 4.78 is 5.12. The van der Waals surface area contributed by atoms with Crippen LogP contribution in [0.2, 0.25) is 0 Å². The molecule has 0 radical (unpaired) electrons. The van der Waals surface area contributed by atoms with Crippen molar-refractivity contribution in [3.8, 4) is 11.5 Å². The summed E-state index contributed by atoms with van der Waals surface area (Å²) in [6.45, 7) is 0.208. The van der Waals surface area contributed by atoms with Crippen molar-refractivity contribution in [1.82, 2.24) is 0 Å². The molecule has 1 atom stereocenters. The van der Waals surface area contributed by atoms with E-state index in [1.807, 2.05) is 0 Å². The molecular weight excluding hydrogens is 188 g/mol. The Morgan fingerprint density at radius 1 is 1.64 bits per heavy atom. The lowest BCUT2D eigenvalue weighted by atomic mass is 10.1. The molecule has 0 aliphatic carbocycles. The largest absolute Gasteiger partial charge is 0.502 e. The predicted octanol–water partition coefficient (Wildman–Crippen LogP) is 0.693. The second-order valence-corrected chi connectivity index (χ2v) is 3.02. The van der Waals surface area contributed by atoms with E-state index in [1.165, 1.54) is 12.1 Å². The zero-order valence-electron chi connectivity index (χ0n) is 7.14. The van der Waals surface area contributed by atoms with E-state index in [9.17, 15) is 15.2 Å². The number of nitrogens with two attached hydrogens (primary N) is 1. The summed E-state index contributed by atoms with van der Waals surface area (Å²) in [4.78, 5) is 10.0. The Balaban J connectivity index is 2.68. The summed E-state index contributed by atoms with van der Waals surface area (Å²) in [5.74, 6) is -0.00306. The van der Waals surface area contributed by atoms with Crippen LogP contribution in [0.1, 0.15) is 11.6 Å². The maximum atomic E-state index is 10.7. The number of phenolic OH excluding ortho intramolecular Hbond substituents is 1. The van der Waals surface area contributed by atoms with Crippen LogP contribution in [0.25, 0.3) is 0 Å². The number of nitro benzene ring substituents is 1. The Morgan fingerprint density at radius 3 is 3.00 bits per heavy atom. The number of ether oxygens (including phenoxy) is 1. The standard InChI is InChI=1S/C8H8N2O4/c9-4-3-14-6-2-1-5(11)8(7(4)6)10(12)13/h1-2,4,11H,3,9H2. The first-order valence-electron chi connectivity index (χ1n) is 4.00. The lowest BCUT2D eigenvalue weighted by Gasteiger charge is -2.03.